The lowest BCUT2D eigenvalue weighted by atomic mass is 9.64. The maximum atomic E-state index is 11.7. The van der Waals surface area contributed by atoms with Gasteiger partial charge in [0, 0.05) is 28.4 Å². The Hall–Kier alpha value is -2.40. The summed E-state index contributed by atoms with van der Waals surface area (Å²) < 4.78 is 0. The molecule has 2 saturated carbocycles. The molecule has 0 aliphatic heterocycles. The second-order valence-corrected chi connectivity index (χ2v) is 9.95. The lowest BCUT2D eigenvalue weighted by Crippen LogP contribution is -2.31. The van der Waals surface area contributed by atoms with Gasteiger partial charge in [-0.05, 0) is 72.3 Å². The third-order valence-corrected chi connectivity index (χ3v) is 8.34. The van der Waals surface area contributed by atoms with Crippen LogP contribution in [0, 0.1) is 16.7 Å². The molecule has 2 aliphatic rings. The highest BCUT2D eigenvalue weighted by Crippen LogP contribution is 2.72. The normalized spacial score (nSPS) is 26.7. The molecule has 2 aromatic rings. The molecular formula is C24H28ClNO4. The topological polar surface area (TPSA) is 89.8 Å². The number of carboxylic acids is 1. The van der Waals surface area contributed by atoms with Crippen molar-refractivity contribution in [3.8, 4) is 11.5 Å². The molecule has 2 bridgehead atoms. The van der Waals surface area contributed by atoms with Crippen molar-refractivity contribution in [2.45, 2.75) is 52.5 Å². The molecule has 4 rings (SSSR count). The molecule has 0 heterocycles. The first-order valence-corrected chi connectivity index (χ1v) is 10.7. The summed E-state index contributed by atoms with van der Waals surface area (Å²) >= 11 is 6.06. The van der Waals surface area contributed by atoms with Gasteiger partial charge in [0.1, 0.15) is 17.1 Å². The van der Waals surface area contributed by atoms with Gasteiger partial charge < -0.3 is 20.6 Å². The summed E-state index contributed by atoms with van der Waals surface area (Å²) in [6, 6.07) is 8.02. The van der Waals surface area contributed by atoms with Crippen LogP contribution in [0.15, 0.2) is 30.3 Å². The van der Waals surface area contributed by atoms with Gasteiger partial charge in [0.2, 0.25) is 0 Å². The molecule has 2 fully saturated rings. The maximum absolute atomic E-state index is 11.7. The molecule has 6 heteroatoms. The van der Waals surface area contributed by atoms with Gasteiger partial charge in [-0.3, -0.25) is 0 Å². The minimum absolute atomic E-state index is 0.0269. The second kappa shape index (κ2) is 7.09. The summed E-state index contributed by atoms with van der Waals surface area (Å²) in [5, 5.41) is 34.6. The van der Waals surface area contributed by atoms with Crippen molar-refractivity contribution < 1.29 is 20.1 Å². The van der Waals surface area contributed by atoms with E-state index >= 15 is 0 Å². The molecule has 5 nitrogen and oxygen atoms in total. The van der Waals surface area contributed by atoms with E-state index in [-0.39, 0.29) is 33.8 Å². The molecule has 30 heavy (non-hydrogen) atoms. The molecule has 0 radical (unpaired) electrons. The Morgan fingerprint density at radius 3 is 2.53 bits per heavy atom. The predicted octanol–water partition coefficient (Wildman–Crippen LogP) is 5.99. The fraction of sp³-hybridized carbons (Fsp3) is 0.458. The average molecular weight is 430 g/mol. The standard InChI is InChI=1S/C24H28ClNO4/c1-23(2)14-8-9-24(23,3)17(11-14)20-18(6-5-16(21(20)28)22(29)30)26-12-13-10-15(25)4-7-19(13)27/h4-7,10,14,17,26-28H,8-9,11-12H2,1-3H3,(H,29,30). The lowest BCUT2D eigenvalue weighted by molar-refractivity contribution is 0.0693. The Bertz CT molecular complexity index is 1020. The summed E-state index contributed by atoms with van der Waals surface area (Å²) in [6.45, 7) is 7.16. The monoisotopic (exact) mass is 429 g/mol. The fourth-order valence-electron chi connectivity index (χ4n) is 5.81. The summed E-state index contributed by atoms with van der Waals surface area (Å²) in [5.41, 5.74) is 2.02. The number of carboxylic acid groups (broad SMARTS) is 1. The maximum Gasteiger partial charge on any atom is 0.339 e. The Morgan fingerprint density at radius 2 is 1.93 bits per heavy atom. The van der Waals surface area contributed by atoms with Crippen LogP contribution in [0.1, 0.15) is 67.4 Å². The van der Waals surface area contributed by atoms with Gasteiger partial charge in [-0.2, -0.15) is 0 Å². The number of benzene rings is 2. The zero-order valence-electron chi connectivity index (χ0n) is 17.5. The third kappa shape index (κ3) is 3.02. The van der Waals surface area contributed by atoms with Crippen LogP contribution in [-0.2, 0) is 6.54 Å². The van der Waals surface area contributed by atoms with E-state index in [0.717, 1.165) is 12.8 Å². The zero-order valence-corrected chi connectivity index (χ0v) is 18.3. The number of halogens is 1. The van der Waals surface area contributed by atoms with Crippen LogP contribution < -0.4 is 5.32 Å². The van der Waals surface area contributed by atoms with Gasteiger partial charge in [-0.25, -0.2) is 4.79 Å². The molecule has 160 valence electrons. The van der Waals surface area contributed by atoms with Crippen LogP contribution in [0.3, 0.4) is 0 Å². The van der Waals surface area contributed by atoms with E-state index in [0.29, 0.717) is 34.3 Å². The molecule has 0 amide bonds. The van der Waals surface area contributed by atoms with Crippen molar-refractivity contribution in [2.24, 2.45) is 16.7 Å². The number of phenolic OH excluding ortho intramolecular Hbond substituents is 1. The number of aromatic carboxylic acids is 1. The van der Waals surface area contributed by atoms with Crippen molar-refractivity contribution in [1.82, 2.24) is 0 Å². The van der Waals surface area contributed by atoms with Gasteiger partial charge >= 0.3 is 5.97 Å². The van der Waals surface area contributed by atoms with Crippen LogP contribution in [0.2, 0.25) is 5.02 Å². The number of aromatic hydroxyl groups is 2. The Morgan fingerprint density at radius 1 is 1.20 bits per heavy atom. The SMILES string of the molecule is CC1(C)C2CCC1(C)C(c1c(NCc3cc(Cl)ccc3O)ccc(C(=O)O)c1O)C2. The number of nitrogens with one attached hydrogen (secondary N) is 1. The molecule has 4 N–H and O–H groups in total. The minimum Gasteiger partial charge on any atom is -0.508 e. The number of rotatable bonds is 5. The molecule has 0 spiro atoms. The average Bonchev–Trinajstić information content (AvgIpc) is 3.02. The molecular weight excluding hydrogens is 402 g/mol. The van der Waals surface area contributed by atoms with Crippen LogP contribution in [-0.4, -0.2) is 21.3 Å². The quantitative estimate of drug-likeness (QED) is 0.468. The smallest absolute Gasteiger partial charge is 0.339 e. The Kier molecular flexibility index (Phi) is 4.93. The second-order valence-electron chi connectivity index (χ2n) is 9.52. The van der Waals surface area contributed by atoms with Crippen molar-refractivity contribution in [3.63, 3.8) is 0 Å². The van der Waals surface area contributed by atoms with Gasteiger partial charge in [-0.1, -0.05) is 32.4 Å². The van der Waals surface area contributed by atoms with E-state index in [1.807, 2.05) is 0 Å². The van der Waals surface area contributed by atoms with Crippen molar-refractivity contribution in [2.75, 3.05) is 5.32 Å². The predicted molar refractivity (Wildman–Crippen MR) is 117 cm³/mol. The van der Waals surface area contributed by atoms with Crippen molar-refractivity contribution in [1.29, 1.82) is 0 Å². The summed E-state index contributed by atoms with van der Waals surface area (Å²) in [5.74, 6) is -0.559. The zero-order chi connectivity index (χ0) is 21.8. The number of fused-ring (bicyclic) bond motifs is 2. The summed E-state index contributed by atoms with van der Waals surface area (Å²) in [6.07, 6.45) is 3.15. The highest BCUT2D eigenvalue weighted by Gasteiger charge is 2.62. The minimum atomic E-state index is -1.14. The van der Waals surface area contributed by atoms with Crippen molar-refractivity contribution in [3.05, 3.63) is 52.0 Å². The number of hydrogen-bond acceptors (Lipinski definition) is 4. The lowest BCUT2D eigenvalue weighted by Gasteiger charge is -2.40. The third-order valence-electron chi connectivity index (χ3n) is 8.10. The molecule has 0 saturated heterocycles. The van der Waals surface area contributed by atoms with E-state index < -0.39 is 5.97 Å². The van der Waals surface area contributed by atoms with Crippen LogP contribution in [0.4, 0.5) is 5.69 Å². The molecule has 3 unspecified atom stereocenters. The Balaban J connectivity index is 1.76. The van der Waals surface area contributed by atoms with Gasteiger partial charge in [0.25, 0.3) is 0 Å². The number of anilines is 1. The first-order chi connectivity index (χ1) is 14.1. The van der Waals surface area contributed by atoms with Crippen LogP contribution in [0.25, 0.3) is 0 Å². The molecule has 2 aliphatic carbocycles. The van der Waals surface area contributed by atoms with E-state index in [4.69, 9.17) is 11.6 Å². The van der Waals surface area contributed by atoms with E-state index in [9.17, 15) is 20.1 Å². The van der Waals surface area contributed by atoms with Crippen LogP contribution in [0.5, 0.6) is 11.5 Å². The number of carbonyl (C=O) groups is 1. The van der Waals surface area contributed by atoms with Gasteiger partial charge in [-0.15, -0.1) is 0 Å². The summed E-state index contributed by atoms with van der Waals surface area (Å²) in [7, 11) is 0. The van der Waals surface area contributed by atoms with Crippen molar-refractivity contribution >= 4 is 23.3 Å². The number of hydrogen-bond donors (Lipinski definition) is 4. The highest BCUT2D eigenvalue weighted by molar-refractivity contribution is 6.30. The first-order valence-electron chi connectivity index (χ1n) is 10.4. The van der Waals surface area contributed by atoms with E-state index in [1.54, 1.807) is 24.3 Å². The number of phenols is 2. The highest BCUT2D eigenvalue weighted by atomic mass is 35.5. The first kappa shape index (κ1) is 20.9. The van der Waals surface area contributed by atoms with E-state index in [1.165, 1.54) is 12.5 Å². The van der Waals surface area contributed by atoms with Gasteiger partial charge in [0.15, 0.2) is 0 Å². The molecule has 3 atom stereocenters. The van der Waals surface area contributed by atoms with E-state index in [2.05, 4.69) is 26.1 Å². The summed E-state index contributed by atoms with van der Waals surface area (Å²) in [4.78, 5) is 11.7. The van der Waals surface area contributed by atoms with Gasteiger partial charge in [0.05, 0.1) is 0 Å². The van der Waals surface area contributed by atoms with Crippen LogP contribution >= 0.6 is 11.6 Å². The Labute approximate surface area is 181 Å². The molecule has 2 aromatic carbocycles. The fourth-order valence-corrected chi connectivity index (χ4v) is 6.01. The largest absolute Gasteiger partial charge is 0.508 e. The molecule has 0 aromatic heterocycles.